The Morgan fingerprint density at radius 1 is 0.842 bits per heavy atom. The zero-order valence-electron chi connectivity index (χ0n) is 11.9. The van der Waals surface area contributed by atoms with E-state index >= 15 is 0 Å². The van der Waals surface area contributed by atoms with Crippen LogP contribution in [0.25, 0.3) is 0 Å². The van der Waals surface area contributed by atoms with Crippen molar-refractivity contribution < 1.29 is 13.2 Å². The lowest BCUT2D eigenvalue weighted by Crippen LogP contribution is -2.33. The van der Waals surface area contributed by atoms with Gasteiger partial charge in [-0.1, -0.05) is 32.1 Å². The van der Waals surface area contributed by atoms with E-state index in [4.69, 9.17) is 0 Å². The fraction of sp³-hybridized carbons (Fsp3) is 0.933. The highest BCUT2D eigenvalue weighted by molar-refractivity contribution is 7.91. The van der Waals surface area contributed by atoms with Crippen molar-refractivity contribution in [3.05, 3.63) is 0 Å². The lowest BCUT2D eigenvalue weighted by Gasteiger charge is -2.29. The van der Waals surface area contributed by atoms with E-state index < -0.39 is 9.84 Å². The standard InChI is InChI=1S/C15H26O3S/c1-19(17,18)14-10-6-9-13(11-14)15(16)12-7-4-2-3-5-8-12/h12-14H,2-11H2,1H3. The first-order valence-corrected chi connectivity index (χ1v) is 9.66. The molecular formula is C15H26O3S. The van der Waals surface area contributed by atoms with E-state index in [0.29, 0.717) is 12.2 Å². The average Bonchev–Trinajstić information content (AvgIpc) is 2.66. The molecule has 0 spiro atoms. The number of sulfone groups is 1. The Kier molecular flexibility index (Phi) is 5.04. The Hall–Kier alpha value is -0.380. The van der Waals surface area contributed by atoms with Crippen molar-refractivity contribution in [2.45, 2.75) is 69.5 Å². The molecule has 110 valence electrons. The molecule has 2 aliphatic rings. The van der Waals surface area contributed by atoms with Crippen LogP contribution in [0.2, 0.25) is 0 Å². The molecule has 4 heteroatoms. The fourth-order valence-electron chi connectivity index (χ4n) is 3.69. The summed E-state index contributed by atoms with van der Waals surface area (Å²) >= 11 is 0. The first-order valence-electron chi connectivity index (χ1n) is 7.71. The Balaban J connectivity index is 1.98. The van der Waals surface area contributed by atoms with Gasteiger partial charge in [0.25, 0.3) is 0 Å². The molecule has 2 atom stereocenters. The fourth-order valence-corrected chi connectivity index (χ4v) is 4.87. The van der Waals surface area contributed by atoms with Crippen LogP contribution in [0.1, 0.15) is 64.2 Å². The molecule has 0 aliphatic heterocycles. The second-order valence-electron chi connectivity index (χ2n) is 6.41. The summed E-state index contributed by atoms with van der Waals surface area (Å²) in [6, 6.07) is 0. The highest BCUT2D eigenvalue weighted by Gasteiger charge is 2.35. The molecule has 0 saturated heterocycles. The summed E-state index contributed by atoms with van der Waals surface area (Å²) in [5, 5.41) is -0.277. The number of carbonyl (C=O) groups excluding carboxylic acids is 1. The molecule has 2 aliphatic carbocycles. The van der Waals surface area contributed by atoms with Crippen molar-refractivity contribution in [2.75, 3.05) is 6.26 Å². The van der Waals surface area contributed by atoms with Crippen LogP contribution in [0.15, 0.2) is 0 Å². The predicted octanol–water partition coefficient (Wildman–Crippen LogP) is 3.13. The molecule has 0 radical (unpaired) electrons. The monoisotopic (exact) mass is 286 g/mol. The minimum Gasteiger partial charge on any atom is -0.299 e. The molecular weight excluding hydrogens is 260 g/mol. The second kappa shape index (κ2) is 6.38. The van der Waals surface area contributed by atoms with Crippen molar-refractivity contribution >= 4 is 15.6 Å². The van der Waals surface area contributed by atoms with Crippen molar-refractivity contribution in [2.24, 2.45) is 11.8 Å². The normalized spacial score (nSPS) is 30.8. The van der Waals surface area contributed by atoms with Crippen LogP contribution >= 0.6 is 0 Å². The maximum atomic E-state index is 12.6. The van der Waals surface area contributed by atoms with Crippen molar-refractivity contribution in [1.82, 2.24) is 0 Å². The molecule has 3 nitrogen and oxygen atoms in total. The Morgan fingerprint density at radius 2 is 1.42 bits per heavy atom. The van der Waals surface area contributed by atoms with Crippen LogP contribution in [0, 0.1) is 11.8 Å². The third kappa shape index (κ3) is 4.04. The summed E-state index contributed by atoms with van der Waals surface area (Å²) in [5.41, 5.74) is 0. The van der Waals surface area contributed by atoms with Gasteiger partial charge in [0, 0.05) is 18.1 Å². The minimum absolute atomic E-state index is 0.0107. The molecule has 0 N–H and O–H groups in total. The highest BCUT2D eigenvalue weighted by atomic mass is 32.2. The lowest BCUT2D eigenvalue weighted by atomic mass is 9.79. The molecule has 2 rings (SSSR count). The second-order valence-corrected chi connectivity index (χ2v) is 8.73. The van der Waals surface area contributed by atoms with Crippen LogP contribution in [0.3, 0.4) is 0 Å². The average molecular weight is 286 g/mol. The van der Waals surface area contributed by atoms with Crippen LogP contribution < -0.4 is 0 Å². The lowest BCUT2D eigenvalue weighted by molar-refractivity contribution is -0.128. The number of ketones is 1. The Bertz CT molecular complexity index is 405. The molecule has 0 aromatic carbocycles. The van der Waals surface area contributed by atoms with Crippen LogP contribution in [-0.4, -0.2) is 25.7 Å². The van der Waals surface area contributed by atoms with E-state index in [9.17, 15) is 13.2 Å². The topological polar surface area (TPSA) is 51.2 Å². The van der Waals surface area contributed by atoms with Crippen molar-refractivity contribution in [3.8, 4) is 0 Å². The van der Waals surface area contributed by atoms with Gasteiger partial charge in [0.05, 0.1) is 5.25 Å². The van der Waals surface area contributed by atoms with Crippen LogP contribution in [0.5, 0.6) is 0 Å². The van der Waals surface area contributed by atoms with E-state index in [1.807, 2.05) is 0 Å². The van der Waals surface area contributed by atoms with Crippen molar-refractivity contribution in [3.63, 3.8) is 0 Å². The van der Waals surface area contributed by atoms with E-state index in [1.54, 1.807) is 0 Å². The molecule has 0 bridgehead atoms. The summed E-state index contributed by atoms with van der Waals surface area (Å²) < 4.78 is 23.3. The molecule has 2 fully saturated rings. The van der Waals surface area contributed by atoms with Gasteiger partial charge < -0.3 is 0 Å². The third-order valence-corrected chi connectivity index (χ3v) is 6.53. The molecule has 2 unspecified atom stereocenters. The largest absolute Gasteiger partial charge is 0.299 e. The number of hydrogen-bond donors (Lipinski definition) is 0. The van der Waals surface area contributed by atoms with E-state index in [2.05, 4.69) is 0 Å². The van der Waals surface area contributed by atoms with Gasteiger partial charge in [-0.05, 0) is 32.1 Å². The zero-order valence-corrected chi connectivity index (χ0v) is 12.8. The minimum atomic E-state index is -2.98. The summed E-state index contributed by atoms with van der Waals surface area (Å²) in [5.74, 6) is 0.595. The van der Waals surface area contributed by atoms with Gasteiger partial charge in [0.15, 0.2) is 0 Å². The van der Waals surface area contributed by atoms with Crippen LogP contribution in [0.4, 0.5) is 0 Å². The van der Waals surface area contributed by atoms with Gasteiger partial charge in [-0.25, -0.2) is 8.42 Å². The Labute approximate surface area is 117 Å². The van der Waals surface area contributed by atoms with Gasteiger partial charge in [-0.2, -0.15) is 0 Å². The van der Waals surface area contributed by atoms with E-state index in [-0.39, 0.29) is 17.1 Å². The van der Waals surface area contributed by atoms with E-state index in [0.717, 1.165) is 32.1 Å². The molecule has 0 heterocycles. The highest BCUT2D eigenvalue weighted by Crippen LogP contribution is 2.34. The summed E-state index contributed by atoms with van der Waals surface area (Å²) in [4.78, 5) is 12.6. The maximum absolute atomic E-state index is 12.6. The first-order chi connectivity index (χ1) is 8.98. The van der Waals surface area contributed by atoms with Crippen molar-refractivity contribution in [1.29, 1.82) is 0 Å². The third-order valence-electron chi connectivity index (χ3n) is 4.89. The molecule has 19 heavy (non-hydrogen) atoms. The van der Waals surface area contributed by atoms with Crippen LogP contribution in [-0.2, 0) is 14.6 Å². The smallest absolute Gasteiger partial charge is 0.150 e. The summed E-state index contributed by atoms with van der Waals surface area (Å²) in [6.45, 7) is 0. The van der Waals surface area contributed by atoms with Gasteiger partial charge in [-0.15, -0.1) is 0 Å². The number of carbonyl (C=O) groups is 1. The molecule has 2 saturated carbocycles. The number of Topliss-reactive ketones (excluding diaryl/α,β-unsaturated/α-hetero) is 1. The predicted molar refractivity (Wildman–Crippen MR) is 76.8 cm³/mol. The molecule has 0 aromatic heterocycles. The molecule has 0 aromatic rings. The summed E-state index contributed by atoms with van der Waals surface area (Å²) in [6.07, 6.45) is 11.3. The van der Waals surface area contributed by atoms with Gasteiger partial charge in [-0.3, -0.25) is 4.79 Å². The number of rotatable bonds is 3. The quantitative estimate of drug-likeness (QED) is 0.749. The SMILES string of the molecule is CS(=O)(=O)C1CCCC(C(=O)C2CCCCCC2)C1. The molecule has 0 amide bonds. The van der Waals surface area contributed by atoms with Gasteiger partial charge >= 0.3 is 0 Å². The maximum Gasteiger partial charge on any atom is 0.150 e. The zero-order chi connectivity index (χ0) is 13.9. The van der Waals surface area contributed by atoms with Gasteiger partial charge in [0.1, 0.15) is 15.6 Å². The number of hydrogen-bond acceptors (Lipinski definition) is 3. The van der Waals surface area contributed by atoms with E-state index in [1.165, 1.54) is 31.9 Å². The Morgan fingerprint density at radius 3 is 2.00 bits per heavy atom. The first kappa shape index (κ1) is 15.0. The summed E-state index contributed by atoms with van der Waals surface area (Å²) in [7, 11) is -2.98. The van der Waals surface area contributed by atoms with Gasteiger partial charge in [0.2, 0.25) is 0 Å².